The molecule has 0 bridgehead atoms. The van der Waals surface area contributed by atoms with Gasteiger partial charge in [-0.15, -0.1) is 0 Å². The Bertz CT molecular complexity index is 520. The molecule has 0 aromatic rings. The summed E-state index contributed by atoms with van der Waals surface area (Å²) in [6.45, 7) is 9.26. The van der Waals surface area contributed by atoms with Gasteiger partial charge in [-0.1, -0.05) is 25.5 Å². The van der Waals surface area contributed by atoms with Crippen LogP contribution in [0.3, 0.4) is 0 Å². The lowest BCUT2D eigenvalue weighted by Crippen LogP contribution is -2.54. The van der Waals surface area contributed by atoms with Crippen molar-refractivity contribution in [3.63, 3.8) is 0 Å². The van der Waals surface area contributed by atoms with E-state index in [4.69, 9.17) is 9.47 Å². The summed E-state index contributed by atoms with van der Waals surface area (Å²) in [6.07, 6.45) is 5.46. The Morgan fingerprint density at radius 3 is 3.04 bits per heavy atom. The summed E-state index contributed by atoms with van der Waals surface area (Å²) in [5.74, 6) is -0.0741. The summed E-state index contributed by atoms with van der Waals surface area (Å²) < 4.78 is 11.0. The van der Waals surface area contributed by atoms with E-state index in [1.807, 2.05) is 6.92 Å². The molecule has 5 nitrogen and oxygen atoms in total. The van der Waals surface area contributed by atoms with Crippen molar-refractivity contribution in [2.45, 2.75) is 58.7 Å². The standard InChI is InChI=1S/C20H33NO4/c1-4-24-10-6-9-21-12-15-17-16(25-19(15)23)11-14-8-5-7-13(2)20(14,3)18(17)22/h8,13,15-18,21-22H,4-7,9-12H2,1-3H3/t13-,15-,16-,17+,18-,20-/m0/s1. The molecule has 0 unspecified atom stereocenters. The van der Waals surface area contributed by atoms with Gasteiger partial charge in [0.1, 0.15) is 6.10 Å². The zero-order valence-corrected chi connectivity index (χ0v) is 15.8. The molecule has 1 heterocycles. The molecular weight excluding hydrogens is 318 g/mol. The number of esters is 1. The SMILES string of the molecule is CCOCCCNC[C@@H]1C(=O)O[C@H]2CC3=CCC[C@H](C)[C@]3(C)[C@@H](O)[C@@H]21. The van der Waals surface area contributed by atoms with Gasteiger partial charge in [-0.05, 0) is 38.6 Å². The van der Waals surface area contributed by atoms with E-state index < -0.39 is 6.10 Å². The highest BCUT2D eigenvalue weighted by molar-refractivity contribution is 5.76. The summed E-state index contributed by atoms with van der Waals surface area (Å²) in [5.41, 5.74) is 1.07. The third-order valence-electron chi connectivity index (χ3n) is 6.78. The molecule has 1 saturated heterocycles. The predicted octanol–water partition coefficient (Wildman–Crippen LogP) is 2.29. The summed E-state index contributed by atoms with van der Waals surface area (Å²) in [6, 6.07) is 0. The molecule has 142 valence electrons. The molecule has 2 aliphatic carbocycles. The zero-order valence-electron chi connectivity index (χ0n) is 15.8. The highest BCUT2D eigenvalue weighted by Crippen LogP contribution is 2.55. The summed E-state index contributed by atoms with van der Waals surface area (Å²) >= 11 is 0. The number of hydrogen-bond acceptors (Lipinski definition) is 5. The highest BCUT2D eigenvalue weighted by atomic mass is 16.6. The number of nitrogens with one attached hydrogen (secondary N) is 1. The number of aliphatic hydroxyl groups excluding tert-OH is 1. The first-order valence-electron chi connectivity index (χ1n) is 9.86. The maximum Gasteiger partial charge on any atom is 0.311 e. The number of carbonyl (C=O) groups excluding carboxylic acids is 1. The monoisotopic (exact) mass is 351 g/mol. The smallest absolute Gasteiger partial charge is 0.311 e. The molecule has 0 spiro atoms. The van der Waals surface area contributed by atoms with Crippen LogP contribution in [0.5, 0.6) is 0 Å². The quantitative estimate of drug-likeness (QED) is 0.418. The fourth-order valence-electron chi connectivity index (χ4n) is 5.00. The molecule has 5 heteroatoms. The molecule has 0 aromatic carbocycles. The van der Waals surface area contributed by atoms with Crippen molar-refractivity contribution in [2.75, 3.05) is 26.3 Å². The van der Waals surface area contributed by atoms with Gasteiger partial charge in [-0.2, -0.15) is 0 Å². The average Bonchev–Trinajstić information content (AvgIpc) is 2.89. The second-order valence-electron chi connectivity index (χ2n) is 8.05. The van der Waals surface area contributed by atoms with Crippen LogP contribution in [0.1, 0.15) is 46.5 Å². The Balaban J connectivity index is 1.66. The van der Waals surface area contributed by atoms with Crippen LogP contribution in [0.4, 0.5) is 0 Å². The van der Waals surface area contributed by atoms with Crippen LogP contribution in [-0.4, -0.2) is 49.6 Å². The van der Waals surface area contributed by atoms with Gasteiger partial charge in [0.25, 0.3) is 0 Å². The van der Waals surface area contributed by atoms with Gasteiger partial charge in [0.05, 0.1) is 12.0 Å². The number of ether oxygens (including phenoxy) is 2. The van der Waals surface area contributed by atoms with Crippen molar-refractivity contribution >= 4 is 5.97 Å². The molecule has 1 saturated carbocycles. The van der Waals surface area contributed by atoms with E-state index in [0.29, 0.717) is 12.5 Å². The van der Waals surface area contributed by atoms with Gasteiger partial charge in [0.15, 0.2) is 0 Å². The van der Waals surface area contributed by atoms with E-state index in [1.54, 1.807) is 0 Å². The minimum atomic E-state index is -0.519. The maximum absolute atomic E-state index is 12.4. The van der Waals surface area contributed by atoms with Gasteiger partial charge in [0, 0.05) is 37.5 Å². The molecule has 3 aliphatic rings. The molecule has 0 aromatic heterocycles. The van der Waals surface area contributed by atoms with Gasteiger partial charge in [0.2, 0.25) is 0 Å². The zero-order chi connectivity index (χ0) is 18.0. The van der Waals surface area contributed by atoms with E-state index in [-0.39, 0.29) is 29.3 Å². The van der Waals surface area contributed by atoms with Crippen molar-refractivity contribution in [3.8, 4) is 0 Å². The van der Waals surface area contributed by atoms with Crippen LogP contribution in [0.15, 0.2) is 11.6 Å². The van der Waals surface area contributed by atoms with E-state index in [9.17, 15) is 9.90 Å². The third kappa shape index (κ3) is 3.38. The van der Waals surface area contributed by atoms with Crippen LogP contribution in [0.25, 0.3) is 0 Å². The molecule has 2 N–H and O–H groups in total. The van der Waals surface area contributed by atoms with Crippen LogP contribution >= 0.6 is 0 Å². The number of rotatable bonds is 7. The fourth-order valence-corrected chi connectivity index (χ4v) is 5.00. The fraction of sp³-hybridized carbons (Fsp3) is 0.850. The Morgan fingerprint density at radius 2 is 2.28 bits per heavy atom. The lowest BCUT2D eigenvalue weighted by atomic mass is 9.55. The van der Waals surface area contributed by atoms with Crippen molar-refractivity contribution in [2.24, 2.45) is 23.2 Å². The lowest BCUT2D eigenvalue weighted by Gasteiger charge is -2.51. The van der Waals surface area contributed by atoms with Crippen LogP contribution < -0.4 is 5.32 Å². The molecule has 25 heavy (non-hydrogen) atoms. The van der Waals surface area contributed by atoms with Crippen molar-refractivity contribution in [3.05, 3.63) is 11.6 Å². The maximum atomic E-state index is 12.4. The van der Waals surface area contributed by atoms with Gasteiger partial charge in [-0.3, -0.25) is 4.79 Å². The third-order valence-corrected chi connectivity index (χ3v) is 6.78. The van der Waals surface area contributed by atoms with E-state index in [1.165, 1.54) is 5.57 Å². The first-order chi connectivity index (χ1) is 12.0. The van der Waals surface area contributed by atoms with E-state index >= 15 is 0 Å². The molecule has 1 aliphatic heterocycles. The van der Waals surface area contributed by atoms with Gasteiger partial charge >= 0.3 is 5.97 Å². The minimum Gasteiger partial charge on any atom is -0.461 e. The van der Waals surface area contributed by atoms with Crippen molar-refractivity contribution in [1.82, 2.24) is 5.32 Å². The number of aliphatic hydroxyl groups is 1. The number of hydrogen-bond donors (Lipinski definition) is 2. The first kappa shape index (κ1) is 18.9. The number of allylic oxidation sites excluding steroid dienone is 1. The predicted molar refractivity (Wildman–Crippen MR) is 96.1 cm³/mol. The largest absolute Gasteiger partial charge is 0.461 e. The minimum absolute atomic E-state index is 0.102. The topological polar surface area (TPSA) is 67.8 Å². The van der Waals surface area contributed by atoms with Crippen molar-refractivity contribution in [1.29, 1.82) is 0 Å². The van der Waals surface area contributed by atoms with Crippen LogP contribution in [0.2, 0.25) is 0 Å². The van der Waals surface area contributed by atoms with Gasteiger partial charge < -0.3 is 19.9 Å². The second kappa shape index (κ2) is 7.77. The summed E-state index contributed by atoms with van der Waals surface area (Å²) in [5, 5.41) is 14.6. The lowest BCUT2D eigenvalue weighted by molar-refractivity contribution is -0.144. The van der Waals surface area contributed by atoms with Crippen LogP contribution in [-0.2, 0) is 14.3 Å². The average molecular weight is 351 g/mol. The van der Waals surface area contributed by atoms with Crippen LogP contribution in [0, 0.1) is 23.2 Å². The van der Waals surface area contributed by atoms with Crippen molar-refractivity contribution < 1.29 is 19.4 Å². The molecule has 3 rings (SSSR count). The molecule has 2 fully saturated rings. The Labute approximate surface area is 151 Å². The molecule has 6 atom stereocenters. The second-order valence-corrected chi connectivity index (χ2v) is 8.05. The number of fused-ring (bicyclic) bond motifs is 2. The number of carbonyl (C=O) groups is 1. The molecule has 0 radical (unpaired) electrons. The summed E-state index contributed by atoms with van der Waals surface area (Å²) in [4.78, 5) is 12.4. The van der Waals surface area contributed by atoms with E-state index in [0.717, 1.165) is 45.4 Å². The molecular formula is C20H33NO4. The van der Waals surface area contributed by atoms with Gasteiger partial charge in [-0.25, -0.2) is 0 Å². The Morgan fingerprint density at radius 1 is 1.48 bits per heavy atom. The Kier molecular flexibility index (Phi) is 5.86. The first-order valence-corrected chi connectivity index (χ1v) is 9.86. The highest BCUT2D eigenvalue weighted by Gasteiger charge is 2.59. The summed E-state index contributed by atoms with van der Waals surface area (Å²) in [7, 11) is 0. The molecule has 0 amide bonds. The van der Waals surface area contributed by atoms with E-state index in [2.05, 4.69) is 25.2 Å². The normalized spacial score (nSPS) is 40.2. The Hall–Kier alpha value is -0.910.